The van der Waals surface area contributed by atoms with Crippen LogP contribution in [-0.2, 0) is 13.5 Å². The maximum absolute atomic E-state index is 12.4. The lowest BCUT2D eigenvalue weighted by molar-refractivity contribution is 0.0990. The largest absolute Gasteiger partial charge is 0.294 e. The quantitative estimate of drug-likeness (QED) is 0.748. The predicted molar refractivity (Wildman–Crippen MR) is 82.6 cm³/mol. The highest BCUT2D eigenvalue weighted by Gasteiger charge is 2.16. The molecule has 2 aromatic rings. The third-order valence-electron chi connectivity index (χ3n) is 3.08. The van der Waals surface area contributed by atoms with E-state index in [1.807, 2.05) is 39.1 Å². The zero-order valence-corrected chi connectivity index (χ0v) is 14.2. The number of rotatable bonds is 3. The van der Waals surface area contributed by atoms with Gasteiger partial charge in [0.15, 0.2) is 5.78 Å². The number of hydrogen-bond donors (Lipinski definition) is 0. The molecule has 0 spiro atoms. The van der Waals surface area contributed by atoms with Crippen molar-refractivity contribution in [3.8, 4) is 0 Å². The third kappa shape index (κ3) is 2.98. The number of benzene rings is 1. The fraction of sp³-hybridized carbons (Fsp3) is 0.286. The van der Waals surface area contributed by atoms with Crippen LogP contribution in [0.1, 0.15) is 27.3 Å². The van der Waals surface area contributed by atoms with E-state index in [0.717, 1.165) is 31.5 Å². The smallest absolute Gasteiger partial charge is 0.169 e. The van der Waals surface area contributed by atoms with E-state index in [2.05, 4.69) is 37.0 Å². The Kier molecular flexibility index (Phi) is 4.26. The van der Waals surface area contributed by atoms with Crippen molar-refractivity contribution in [3.05, 3.63) is 49.7 Å². The lowest BCUT2D eigenvalue weighted by Crippen LogP contribution is -2.09. The molecule has 0 aliphatic carbocycles. The first-order valence-corrected chi connectivity index (χ1v) is 7.46. The summed E-state index contributed by atoms with van der Waals surface area (Å²) in [6.07, 6.45) is 0.348. The third-order valence-corrected chi connectivity index (χ3v) is 4.60. The Hall–Kier alpha value is -0.940. The van der Waals surface area contributed by atoms with Gasteiger partial charge in [0.05, 0.1) is 22.3 Å². The Bertz CT molecular complexity index is 647. The molecule has 0 atom stereocenters. The maximum Gasteiger partial charge on any atom is 0.169 e. The molecule has 0 bridgehead atoms. The number of carbonyl (C=O) groups is 1. The molecule has 0 unspecified atom stereocenters. The van der Waals surface area contributed by atoms with Crippen molar-refractivity contribution in [2.75, 3.05) is 0 Å². The SMILES string of the molecule is Cc1cc(Br)ccc1C(=O)Cc1c(Br)c(C)nn1C. The molecule has 0 radical (unpaired) electrons. The Morgan fingerprint density at radius 2 is 2.00 bits per heavy atom. The van der Waals surface area contributed by atoms with Gasteiger partial charge in [0.1, 0.15) is 0 Å². The summed E-state index contributed by atoms with van der Waals surface area (Å²) in [5, 5.41) is 4.30. The van der Waals surface area contributed by atoms with Gasteiger partial charge in [-0.2, -0.15) is 5.10 Å². The number of aryl methyl sites for hydroxylation is 3. The van der Waals surface area contributed by atoms with Crippen LogP contribution >= 0.6 is 31.9 Å². The zero-order valence-electron chi connectivity index (χ0n) is 11.0. The molecule has 5 heteroatoms. The molecule has 19 heavy (non-hydrogen) atoms. The molecule has 0 fully saturated rings. The van der Waals surface area contributed by atoms with E-state index < -0.39 is 0 Å². The van der Waals surface area contributed by atoms with E-state index in [1.54, 1.807) is 4.68 Å². The van der Waals surface area contributed by atoms with E-state index in [-0.39, 0.29) is 5.78 Å². The fourth-order valence-electron chi connectivity index (χ4n) is 2.06. The molecule has 0 saturated carbocycles. The molecule has 1 heterocycles. The lowest BCUT2D eigenvalue weighted by atomic mass is 10.0. The highest BCUT2D eigenvalue weighted by atomic mass is 79.9. The number of Topliss-reactive ketones (excluding diaryl/α,β-unsaturated/α-hetero) is 1. The highest BCUT2D eigenvalue weighted by Crippen LogP contribution is 2.23. The van der Waals surface area contributed by atoms with E-state index in [4.69, 9.17) is 0 Å². The van der Waals surface area contributed by atoms with Crippen molar-refractivity contribution >= 4 is 37.6 Å². The van der Waals surface area contributed by atoms with Crippen LogP contribution in [-0.4, -0.2) is 15.6 Å². The van der Waals surface area contributed by atoms with Crippen LogP contribution in [0.15, 0.2) is 27.1 Å². The van der Waals surface area contributed by atoms with Gasteiger partial charge in [0.25, 0.3) is 0 Å². The minimum atomic E-state index is 0.105. The monoisotopic (exact) mass is 384 g/mol. The maximum atomic E-state index is 12.4. The van der Waals surface area contributed by atoms with Crippen LogP contribution in [0.2, 0.25) is 0 Å². The van der Waals surface area contributed by atoms with Gasteiger partial charge in [0.2, 0.25) is 0 Å². The van der Waals surface area contributed by atoms with Crippen molar-refractivity contribution in [2.45, 2.75) is 20.3 Å². The molecule has 1 aromatic heterocycles. The summed E-state index contributed by atoms with van der Waals surface area (Å²) in [7, 11) is 1.86. The summed E-state index contributed by atoms with van der Waals surface area (Å²) in [6.45, 7) is 3.87. The predicted octanol–water partition coefficient (Wildman–Crippen LogP) is 3.99. The molecule has 3 nitrogen and oxygen atoms in total. The lowest BCUT2D eigenvalue weighted by Gasteiger charge is -2.06. The minimum Gasteiger partial charge on any atom is -0.294 e. The van der Waals surface area contributed by atoms with Crippen molar-refractivity contribution in [3.63, 3.8) is 0 Å². The molecule has 0 N–H and O–H groups in total. The van der Waals surface area contributed by atoms with E-state index in [0.29, 0.717) is 6.42 Å². The van der Waals surface area contributed by atoms with Gasteiger partial charge in [0, 0.05) is 17.1 Å². The number of carbonyl (C=O) groups excluding carboxylic acids is 1. The van der Waals surface area contributed by atoms with E-state index >= 15 is 0 Å². The second-order valence-electron chi connectivity index (χ2n) is 4.53. The average Bonchev–Trinajstić information content (AvgIpc) is 2.56. The molecule has 0 amide bonds. The topological polar surface area (TPSA) is 34.9 Å². The molecule has 0 aliphatic rings. The van der Waals surface area contributed by atoms with Crippen molar-refractivity contribution < 1.29 is 4.79 Å². The summed E-state index contributed by atoms with van der Waals surface area (Å²) >= 11 is 6.90. The van der Waals surface area contributed by atoms with Crippen LogP contribution in [0.3, 0.4) is 0 Å². The molecule has 1 aromatic carbocycles. The number of aromatic nitrogens is 2. The minimum absolute atomic E-state index is 0.105. The van der Waals surface area contributed by atoms with E-state index in [9.17, 15) is 4.79 Å². The van der Waals surface area contributed by atoms with Crippen LogP contribution in [0.5, 0.6) is 0 Å². The standard InChI is InChI=1S/C14H14Br2N2O/c1-8-6-10(15)4-5-11(8)13(19)7-12-14(16)9(2)17-18(12)3/h4-6H,7H2,1-3H3. The van der Waals surface area contributed by atoms with Gasteiger partial charge in [-0.15, -0.1) is 0 Å². The first-order valence-electron chi connectivity index (χ1n) is 5.87. The number of nitrogens with zero attached hydrogens (tertiary/aromatic N) is 2. The Balaban J connectivity index is 2.31. The molecular weight excluding hydrogens is 372 g/mol. The fourth-order valence-corrected chi connectivity index (χ4v) is 3.01. The van der Waals surface area contributed by atoms with Gasteiger partial charge < -0.3 is 0 Å². The summed E-state index contributed by atoms with van der Waals surface area (Å²) < 4.78 is 3.66. The molecule has 0 saturated heterocycles. The Morgan fingerprint density at radius 1 is 1.32 bits per heavy atom. The summed E-state index contributed by atoms with van der Waals surface area (Å²) in [6, 6.07) is 5.71. The Morgan fingerprint density at radius 3 is 2.53 bits per heavy atom. The molecule has 100 valence electrons. The number of halogens is 2. The van der Waals surface area contributed by atoms with Gasteiger partial charge in [-0.25, -0.2) is 0 Å². The van der Waals surface area contributed by atoms with Gasteiger partial charge in [-0.1, -0.05) is 22.0 Å². The Labute approximate surface area is 129 Å². The second kappa shape index (κ2) is 5.59. The first-order chi connectivity index (χ1) is 8.90. The molecule has 2 rings (SSSR count). The number of ketones is 1. The van der Waals surface area contributed by atoms with Crippen molar-refractivity contribution in [1.29, 1.82) is 0 Å². The van der Waals surface area contributed by atoms with Crippen LogP contribution < -0.4 is 0 Å². The van der Waals surface area contributed by atoms with Gasteiger partial charge >= 0.3 is 0 Å². The zero-order chi connectivity index (χ0) is 14.2. The summed E-state index contributed by atoms with van der Waals surface area (Å²) in [5.74, 6) is 0.105. The first kappa shape index (κ1) is 14.5. The summed E-state index contributed by atoms with van der Waals surface area (Å²) in [4.78, 5) is 12.4. The van der Waals surface area contributed by atoms with Gasteiger partial charge in [-0.3, -0.25) is 9.48 Å². The highest BCUT2D eigenvalue weighted by molar-refractivity contribution is 9.10. The average molecular weight is 386 g/mol. The van der Waals surface area contributed by atoms with Crippen LogP contribution in [0, 0.1) is 13.8 Å². The van der Waals surface area contributed by atoms with Crippen molar-refractivity contribution in [1.82, 2.24) is 9.78 Å². The van der Waals surface area contributed by atoms with Crippen molar-refractivity contribution in [2.24, 2.45) is 7.05 Å². The van der Waals surface area contributed by atoms with Crippen LogP contribution in [0.4, 0.5) is 0 Å². The molecular formula is C14H14Br2N2O. The second-order valence-corrected chi connectivity index (χ2v) is 6.24. The van der Waals surface area contributed by atoms with Crippen LogP contribution in [0.25, 0.3) is 0 Å². The molecule has 0 aliphatic heterocycles. The summed E-state index contributed by atoms with van der Waals surface area (Å²) in [5.41, 5.74) is 3.55. The number of hydrogen-bond acceptors (Lipinski definition) is 2. The normalized spacial score (nSPS) is 10.8. The van der Waals surface area contributed by atoms with Gasteiger partial charge in [-0.05, 0) is 47.5 Å². The van der Waals surface area contributed by atoms with E-state index in [1.165, 1.54) is 0 Å².